The molecule has 3 aromatic rings. The molecule has 0 amide bonds. The first kappa shape index (κ1) is 28.7. The van der Waals surface area contributed by atoms with Gasteiger partial charge in [-0.2, -0.15) is 4.31 Å². The van der Waals surface area contributed by atoms with Gasteiger partial charge in [0, 0.05) is 18.8 Å². The van der Waals surface area contributed by atoms with Crippen molar-refractivity contribution >= 4 is 34.5 Å². The second-order valence-corrected chi connectivity index (χ2v) is 10.7. The van der Waals surface area contributed by atoms with Crippen molar-refractivity contribution in [2.24, 2.45) is 10.7 Å². The van der Waals surface area contributed by atoms with E-state index in [9.17, 15) is 27.3 Å². The van der Waals surface area contributed by atoms with E-state index in [-0.39, 0.29) is 42.1 Å². The second kappa shape index (κ2) is 11.4. The largest absolute Gasteiger partial charge is 0.370 e. The minimum Gasteiger partial charge on any atom is -0.370 e. The van der Waals surface area contributed by atoms with Crippen LogP contribution in [0.1, 0.15) is 17.2 Å². The summed E-state index contributed by atoms with van der Waals surface area (Å²) in [4.78, 5) is 19.4. The second-order valence-electron chi connectivity index (χ2n) is 8.77. The highest BCUT2D eigenvalue weighted by atomic mass is 35.5. The number of hydrogen-bond donors (Lipinski definition) is 2. The number of sulfonamides is 1. The van der Waals surface area contributed by atoms with Gasteiger partial charge in [-0.3, -0.25) is 4.84 Å². The zero-order valence-electron chi connectivity index (χ0n) is 20.5. The number of nitrogens with zero attached hydrogens (tertiary/aromatic N) is 3. The van der Waals surface area contributed by atoms with Crippen LogP contribution >= 0.6 is 12.4 Å². The fourth-order valence-corrected chi connectivity index (χ4v) is 5.83. The Kier molecular flexibility index (Phi) is 8.18. The Hall–Kier alpha value is -4.33. The van der Waals surface area contributed by atoms with Gasteiger partial charge in [0.05, 0.1) is 4.90 Å². The van der Waals surface area contributed by atoms with Crippen LogP contribution in [-0.4, -0.2) is 36.9 Å². The van der Waals surface area contributed by atoms with Gasteiger partial charge in [-0.05, 0) is 76.9 Å². The monoisotopic (exact) mass is 589 g/mol. The van der Waals surface area contributed by atoms with Crippen molar-refractivity contribution in [2.45, 2.75) is 10.9 Å². The molecule has 1 atom stereocenters. The molecule has 2 heterocycles. The summed E-state index contributed by atoms with van der Waals surface area (Å²) in [6.07, 6.45) is 1.72. The van der Waals surface area contributed by atoms with Gasteiger partial charge in [0.2, 0.25) is 10.0 Å². The van der Waals surface area contributed by atoms with E-state index in [1.807, 2.05) is 0 Å². The van der Waals surface area contributed by atoms with Crippen molar-refractivity contribution in [3.05, 3.63) is 123 Å². The molecule has 2 aliphatic rings. The summed E-state index contributed by atoms with van der Waals surface area (Å²) in [6, 6.07) is 15.5. The number of hydrogen-bond acceptors (Lipinski definition) is 8. The first-order chi connectivity index (χ1) is 18.6. The van der Waals surface area contributed by atoms with Crippen LogP contribution in [-0.2, 0) is 10.0 Å². The molecule has 0 aliphatic carbocycles. The zero-order valence-corrected chi connectivity index (χ0v) is 22.2. The lowest BCUT2D eigenvalue weighted by atomic mass is 9.90. The standard InChI is InChI=1S/C26H21F2N5O5S.ClH/c27-19-5-1-16(2-6-19)13-18-14-32(39(36,37)22-11-9-21(10-12-22)38-33(34)35)15-23-24(30-26(29)31-25(18)23)17-3-7-20(28)8-4-17;/h1-13,24H,14-15H2,(H3,29,30,31);1H/b18-13+;. The molecule has 40 heavy (non-hydrogen) atoms. The van der Waals surface area contributed by atoms with Gasteiger partial charge >= 0.3 is 0 Å². The predicted molar refractivity (Wildman–Crippen MR) is 145 cm³/mol. The van der Waals surface area contributed by atoms with Gasteiger partial charge in [0.15, 0.2) is 5.96 Å². The van der Waals surface area contributed by atoms with Crippen LogP contribution in [0.2, 0.25) is 0 Å². The first-order valence-corrected chi connectivity index (χ1v) is 13.0. The molecule has 14 heteroatoms. The minimum absolute atomic E-state index is 0. The van der Waals surface area contributed by atoms with E-state index in [4.69, 9.17) is 5.73 Å². The molecule has 3 N–H and O–H groups in total. The summed E-state index contributed by atoms with van der Waals surface area (Å²) >= 11 is 0. The highest BCUT2D eigenvalue weighted by Crippen LogP contribution is 2.38. The topological polar surface area (TPSA) is 140 Å². The van der Waals surface area contributed by atoms with E-state index in [1.54, 1.807) is 30.3 Å². The molecule has 5 rings (SSSR count). The van der Waals surface area contributed by atoms with Crippen LogP contribution in [0.3, 0.4) is 0 Å². The van der Waals surface area contributed by atoms with Gasteiger partial charge in [-0.1, -0.05) is 24.3 Å². The lowest BCUT2D eigenvalue weighted by Gasteiger charge is -2.37. The maximum absolute atomic E-state index is 13.7. The molecule has 0 saturated heterocycles. The Morgan fingerprint density at radius 2 is 1.60 bits per heavy atom. The number of nitrogens with two attached hydrogens (primary N) is 1. The lowest BCUT2D eigenvalue weighted by Crippen LogP contribution is -2.46. The SMILES string of the molecule is Cl.NC1=NC(c2ccc(F)cc2)C2=C(N1)/C(=C/c1ccc(F)cc1)CN(S(=O)(=O)c1ccc(O[N+](=O)[O-])cc1)C2. The van der Waals surface area contributed by atoms with Gasteiger partial charge < -0.3 is 11.1 Å². The van der Waals surface area contributed by atoms with Crippen LogP contribution in [0.5, 0.6) is 5.75 Å². The molecular weight excluding hydrogens is 568 g/mol. The van der Waals surface area contributed by atoms with E-state index in [0.717, 1.165) is 0 Å². The van der Waals surface area contributed by atoms with Crippen LogP contribution in [0, 0.1) is 21.7 Å². The van der Waals surface area contributed by atoms with Crippen molar-refractivity contribution < 1.29 is 27.1 Å². The number of benzene rings is 3. The molecule has 0 aromatic heterocycles. The number of guanidine groups is 1. The Balaban J connectivity index is 0.00000370. The lowest BCUT2D eigenvalue weighted by molar-refractivity contribution is -0.711. The van der Waals surface area contributed by atoms with Gasteiger partial charge in [-0.25, -0.2) is 22.2 Å². The minimum atomic E-state index is -4.11. The first-order valence-electron chi connectivity index (χ1n) is 11.6. The van der Waals surface area contributed by atoms with E-state index >= 15 is 0 Å². The van der Waals surface area contributed by atoms with E-state index in [2.05, 4.69) is 15.1 Å². The maximum atomic E-state index is 13.7. The van der Waals surface area contributed by atoms with Crippen LogP contribution in [0.15, 0.2) is 99.5 Å². The predicted octanol–water partition coefficient (Wildman–Crippen LogP) is 3.96. The number of aliphatic imine (C=N–C) groups is 1. The third kappa shape index (κ3) is 5.96. The summed E-state index contributed by atoms with van der Waals surface area (Å²) in [5.41, 5.74) is 9.02. The van der Waals surface area contributed by atoms with Gasteiger partial charge in [0.25, 0.3) is 5.09 Å². The molecule has 0 spiro atoms. The quantitative estimate of drug-likeness (QED) is 0.328. The molecule has 2 aliphatic heterocycles. The maximum Gasteiger partial charge on any atom is 0.299 e. The average molecular weight is 590 g/mol. The third-order valence-corrected chi connectivity index (χ3v) is 8.03. The molecule has 0 saturated carbocycles. The van der Waals surface area contributed by atoms with Crippen molar-refractivity contribution in [2.75, 3.05) is 13.1 Å². The zero-order chi connectivity index (χ0) is 27.7. The number of rotatable bonds is 6. The highest BCUT2D eigenvalue weighted by Gasteiger charge is 2.37. The summed E-state index contributed by atoms with van der Waals surface area (Å²) < 4.78 is 55.8. The Labute approximate surface area is 234 Å². The van der Waals surface area contributed by atoms with Crippen LogP contribution < -0.4 is 15.9 Å². The smallest absolute Gasteiger partial charge is 0.299 e. The van der Waals surface area contributed by atoms with Gasteiger partial charge in [0.1, 0.15) is 23.4 Å². The van der Waals surface area contributed by atoms with Crippen molar-refractivity contribution in [3.63, 3.8) is 0 Å². The molecule has 3 aromatic carbocycles. The van der Waals surface area contributed by atoms with Crippen molar-refractivity contribution in [1.29, 1.82) is 0 Å². The Morgan fingerprint density at radius 1 is 1.00 bits per heavy atom. The summed E-state index contributed by atoms with van der Waals surface area (Å²) in [6.45, 7) is -0.139. The molecule has 208 valence electrons. The van der Waals surface area contributed by atoms with Gasteiger partial charge in [-0.15, -0.1) is 22.5 Å². The summed E-state index contributed by atoms with van der Waals surface area (Å²) in [7, 11) is -4.11. The molecule has 1 unspecified atom stereocenters. The molecule has 0 radical (unpaired) electrons. The number of halogens is 3. The molecular formula is C26H22ClF2N5O5S. The van der Waals surface area contributed by atoms with E-state index in [1.165, 1.54) is 52.8 Å². The van der Waals surface area contributed by atoms with E-state index in [0.29, 0.717) is 28.0 Å². The summed E-state index contributed by atoms with van der Waals surface area (Å²) in [5, 5.41) is 12.6. The Bertz CT molecular complexity index is 1630. The molecule has 0 fully saturated rings. The highest BCUT2D eigenvalue weighted by molar-refractivity contribution is 7.89. The fourth-order valence-electron chi connectivity index (χ4n) is 4.44. The van der Waals surface area contributed by atoms with E-state index < -0.39 is 32.8 Å². The number of nitrogens with one attached hydrogen (secondary N) is 1. The molecule has 0 bridgehead atoms. The fraction of sp³-hybridized carbons (Fsp3) is 0.115. The van der Waals surface area contributed by atoms with Crippen molar-refractivity contribution in [1.82, 2.24) is 9.62 Å². The molecule has 10 nitrogen and oxygen atoms in total. The average Bonchev–Trinajstić information content (AvgIpc) is 2.90. The summed E-state index contributed by atoms with van der Waals surface area (Å²) in [5.74, 6) is -0.881. The van der Waals surface area contributed by atoms with Crippen LogP contribution in [0.25, 0.3) is 6.08 Å². The third-order valence-electron chi connectivity index (χ3n) is 6.23. The van der Waals surface area contributed by atoms with Crippen LogP contribution in [0.4, 0.5) is 8.78 Å². The Morgan fingerprint density at radius 3 is 2.20 bits per heavy atom. The van der Waals surface area contributed by atoms with Crippen molar-refractivity contribution in [3.8, 4) is 5.75 Å². The normalized spacial score (nSPS) is 18.3.